The Kier molecular flexibility index (Phi) is 9.91. The van der Waals surface area contributed by atoms with Gasteiger partial charge in [0.2, 0.25) is 10.0 Å². The molecule has 0 unspecified atom stereocenters. The summed E-state index contributed by atoms with van der Waals surface area (Å²) in [5.74, 6) is -0.0129. The van der Waals surface area contributed by atoms with Gasteiger partial charge in [-0.05, 0) is 54.8 Å². The van der Waals surface area contributed by atoms with E-state index in [0.717, 1.165) is 22.3 Å². The quantitative estimate of drug-likeness (QED) is 0.305. The first-order valence-corrected chi connectivity index (χ1v) is 14.1. The molecule has 2 amide bonds. The number of amides is 2. The van der Waals surface area contributed by atoms with E-state index in [2.05, 4.69) is 0 Å². The van der Waals surface area contributed by atoms with Crippen LogP contribution in [0.2, 0.25) is 0 Å². The molecule has 11 heteroatoms. The Bertz CT molecular complexity index is 1380. The van der Waals surface area contributed by atoms with Gasteiger partial charge in [0.05, 0.1) is 37.1 Å². The van der Waals surface area contributed by atoms with Gasteiger partial charge in [-0.15, -0.1) is 0 Å². The number of carbonyl (C=O) groups excluding carboxylic acids is 1. The molecule has 1 atom stereocenters. The van der Waals surface area contributed by atoms with Gasteiger partial charge in [-0.1, -0.05) is 48.5 Å². The number of benzene rings is 3. The highest BCUT2D eigenvalue weighted by molar-refractivity contribution is 7.89. The predicted octanol–water partition coefficient (Wildman–Crippen LogP) is 3.92. The minimum Gasteiger partial charge on any atom is -0.492 e. The molecule has 3 aromatic rings. The van der Waals surface area contributed by atoms with Gasteiger partial charge in [-0.3, -0.25) is 4.79 Å². The van der Waals surface area contributed by atoms with Crippen LogP contribution >= 0.6 is 0 Å². The van der Waals surface area contributed by atoms with Crippen molar-refractivity contribution in [2.24, 2.45) is 0 Å². The van der Waals surface area contributed by atoms with Crippen molar-refractivity contribution in [2.75, 3.05) is 26.0 Å². The number of nitrogens with one attached hydrogen (secondary N) is 1. The Balaban J connectivity index is 1.65. The lowest BCUT2D eigenvalue weighted by Gasteiger charge is -2.22. The van der Waals surface area contributed by atoms with Crippen molar-refractivity contribution < 1.29 is 37.7 Å². The van der Waals surface area contributed by atoms with Crippen LogP contribution in [0.1, 0.15) is 35.9 Å². The minimum absolute atomic E-state index is 0.0634. The molecule has 0 aliphatic heterocycles. The van der Waals surface area contributed by atoms with E-state index < -0.39 is 28.1 Å². The molecule has 39 heavy (non-hydrogen) atoms. The number of hydrogen-bond donors (Lipinski definition) is 3. The Hall–Kier alpha value is -4.09. The first-order valence-electron chi connectivity index (χ1n) is 12.2. The van der Waals surface area contributed by atoms with Crippen LogP contribution < -0.4 is 14.2 Å². The van der Waals surface area contributed by atoms with E-state index >= 15 is 0 Å². The second-order valence-corrected chi connectivity index (χ2v) is 10.9. The summed E-state index contributed by atoms with van der Waals surface area (Å²) in [6.45, 7) is 3.66. The molecule has 10 nitrogen and oxygen atoms in total. The van der Waals surface area contributed by atoms with Crippen LogP contribution in [-0.4, -0.2) is 67.6 Å². The topological polar surface area (TPSA) is 142 Å². The van der Waals surface area contributed by atoms with Crippen LogP contribution in [0.25, 0.3) is 11.1 Å². The van der Waals surface area contributed by atoms with Crippen molar-refractivity contribution in [1.82, 2.24) is 9.62 Å². The maximum absolute atomic E-state index is 12.4. The summed E-state index contributed by atoms with van der Waals surface area (Å²) >= 11 is 0. The van der Waals surface area contributed by atoms with Gasteiger partial charge in [0.15, 0.2) is 0 Å². The number of rotatable bonds is 12. The molecule has 0 aliphatic rings. The van der Waals surface area contributed by atoms with E-state index in [1.807, 2.05) is 10.8 Å². The standard InChI is InChI=1S/C28H32N2O8S/c1-19(2)38-26-17-22(11-14-24(26)27(32)29-39(3,35)36)20-9-12-23(13-10-20)37-16-15-30(28(33)34)18-25(31)21-7-5-4-6-8-21/h4-14,17,19,25,31H,15-16,18H2,1-3H3,(H,29,32)(H,33,34)/t25-/m1/s1. The SMILES string of the molecule is CC(C)Oc1cc(-c2ccc(OCCN(C[C@@H](O)c3ccccc3)C(=O)O)cc2)ccc1C(=O)NS(C)(=O)=O. The molecule has 0 radical (unpaired) electrons. The number of ether oxygens (including phenoxy) is 2. The van der Waals surface area contributed by atoms with Crippen molar-refractivity contribution in [3.8, 4) is 22.6 Å². The molecule has 0 aromatic heterocycles. The van der Waals surface area contributed by atoms with Crippen LogP contribution in [0.3, 0.4) is 0 Å². The molecular formula is C28H32N2O8S. The Morgan fingerprint density at radius 2 is 1.62 bits per heavy atom. The number of nitrogens with zero attached hydrogens (tertiary/aromatic N) is 1. The number of hydrogen-bond acceptors (Lipinski definition) is 7. The second-order valence-electron chi connectivity index (χ2n) is 9.11. The molecule has 0 spiro atoms. The summed E-state index contributed by atoms with van der Waals surface area (Å²) in [5, 5.41) is 19.9. The average molecular weight is 557 g/mol. The van der Waals surface area contributed by atoms with E-state index in [-0.39, 0.29) is 37.1 Å². The molecular weight excluding hydrogens is 524 g/mol. The number of carboxylic acid groups (broad SMARTS) is 1. The smallest absolute Gasteiger partial charge is 0.407 e. The third kappa shape index (κ3) is 9.01. The van der Waals surface area contributed by atoms with Crippen molar-refractivity contribution >= 4 is 22.0 Å². The molecule has 0 saturated carbocycles. The lowest BCUT2D eigenvalue weighted by molar-refractivity contribution is 0.0894. The van der Waals surface area contributed by atoms with Gasteiger partial charge in [0.1, 0.15) is 18.1 Å². The lowest BCUT2D eigenvalue weighted by Crippen LogP contribution is -2.36. The highest BCUT2D eigenvalue weighted by atomic mass is 32.2. The molecule has 0 bridgehead atoms. The monoisotopic (exact) mass is 556 g/mol. The first kappa shape index (κ1) is 29.5. The van der Waals surface area contributed by atoms with Gasteiger partial charge < -0.3 is 24.6 Å². The average Bonchev–Trinajstić information content (AvgIpc) is 2.87. The van der Waals surface area contributed by atoms with Crippen molar-refractivity contribution in [2.45, 2.75) is 26.1 Å². The van der Waals surface area contributed by atoms with E-state index in [1.54, 1.807) is 74.5 Å². The number of aliphatic hydroxyl groups is 1. The summed E-state index contributed by atoms with van der Waals surface area (Å²) in [7, 11) is -3.74. The van der Waals surface area contributed by atoms with Gasteiger partial charge in [0.25, 0.3) is 5.91 Å². The van der Waals surface area contributed by atoms with E-state index in [0.29, 0.717) is 11.3 Å². The molecule has 0 fully saturated rings. The maximum Gasteiger partial charge on any atom is 0.407 e. The fourth-order valence-electron chi connectivity index (χ4n) is 3.74. The Labute approximate surface area is 227 Å². The normalized spacial score (nSPS) is 12.0. The minimum atomic E-state index is -3.74. The van der Waals surface area contributed by atoms with Gasteiger partial charge in [-0.25, -0.2) is 17.9 Å². The fraction of sp³-hybridized carbons (Fsp3) is 0.286. The zero-order valence-electron chi connectivity index (χ0n) is 21.9. The summed E-state index contributed by atoms with van der Waals surface area (Å²) in [5.41, 5.74) is 2.26. The largest absolute Gasteiger partial charge is 0.492 e. The summed E-state index contributed by atoms with van der Waals surface area (Å²) in [4.78, 5) is 25.2. The van der Waals surface area contributed by atoms with Gasteiger partial charge >= 0.3 is 6.09 Å². The molecule has 208 valence electrons. The Morgan fingerprint density at radius 1 is 0.974 bits per heavy atom. The third-order valence-electron chi connectivity index (χ3n) is 5.53. The lowest BCUT2D eigenvalue weighted by atomic mass is 10.0. The molecule has 3 aromatic carbocycles. The highest BCUT2D eigenvalue weighted by Gasteiger charge is 2.19. The van der Waals surface area contributed by atoms with Crippen molar-refractivity contribution in [1.29, 1.82) is 0 Å². The fourth-order valence-corrected chi connectivity index (χ4v) is 4.18. The Morgan fingerprint density at radius 3 is 2.21 bits per heavy atom. The zero-order chi connectivity index (χ0) is 28.6. The van der Waals surface area contributed by atoms with Crippen LogP contribution in [0, 0.1) is 0 Å². The van der Waals surface area contributed by atoms with E-state index in [9.17, 15) is 28.2 Å². The van der Waals surface area contributed by atoms with Crippen LogP contribution in [0.15, 0.2) is 72.8 Å². The van der Waals surface area contributed by atoms with E-state index in [4.69, 9.17) is 9.47 Å². The summed E-state index contributed by atoms with van der Waals surface area (Å²) in [6, 6.07) is 20.7. The van der Waals surface area contributed by atoms with Crippen LogP contribution in [-0.2, 0) is 10.0 Å². The summed E-state index contributed by atoms with van der Waals surface area (Å²) in [6.07, 6.45) is -1.45. The zero-order valence-corrected chi connectivity index (χ0v) is 22.7. The molecule has 0 heterocycles. The van der Waals surface area contributed by atoms with Crippen molar-refractivity contribution in [3.63, 3.8) is 0 Å². The van der Waals surface area contributed by atoms with Crippen LogP contribution in [0.4, 0.5) is 4.79 Å². The van der Waals surface area contributed by atoms with Crippen LogP contribution in [0.5, 0.6) is 11.5 Å². The van der Waals surface area contributed by atoms with Crippen molar-refractivity contribution in [3.05, 3.63) is 83.9 Å². The highest BCUT2D eigenvalue weighted by Crippen LogP contribution is 2.29. The molecule has 0 aliphatic carbocycles. The number of carbonyl (C=O) groups is 2. The number of sulfonamides is 1. The molecule has 0 saturated heterocycles. The van der Waals surface area contributed by atoms with Gasteiger partial charge in [0, 0.05) is 0 Å². The predicted molar refractivity (Wildman–Crippen MR) is 146 cm³/mol. The maximum atomic E-state index is 12.4. The first-order chi connectivity index (χ1) is 18.4. The number of aliphatic hydroxyl groups excluding tert-OH is 1. The third-order valence-corrected chi connectivity index (χ3v) is 6.09. The summed E-state index contributed by atoms with van der Waals surface area (Å²) < 4.78 is 36.4. The molecule has 3 rings (SSSR count). The molecule has 3 N–H and O–H groups in total. The van der Waals surface area contributed by atoms with Gasteiger partial charge in [-0.2, -0.15) is 0 Å². The van der Waals surface area contributed by atoms with E-state index in [1.165, 1.54) is 6.07 Å². The second kappa shape index (κ2) is 13.1.